The maximum atomic E-state index is 15.1. The van der Waals surface area contributed by atoms with E-state index in [1.54, 1.807) is 42.5 Å². The van der Waals surface area contributed by atoms with Crippen molar-refractivity contribution in [3.63, 3.8) is 0 Å². The van der Waals surface area contributed by atoms with E-state index >= 15 is 4.39 Å². The van der Waals surface area contributed by atoms with Gasteiger partial charge in [0.1, 0.15) is 12.4 Å². The van der Waals surface area contributed by atoms with Crippen LogP contribution in [0.4, 0.5) is 17.6 Å². The Kier molecular flexibility index (Phi) is 5.23. The van der Waals surface area contributed by atoms with Gasteiger partial charge in [-0.3, -0.25) is 0 Å². The minimum atomic E-state index is -5.05. The largest absolute Gasteiger partial charge is 0.493 e. The van der Waals surface area contributed by atoms with Gasteiger partial charge in [0.2, 0.25) is 5.67 Å². The van der Waals surface area contributed by atoms with Gasteiger partial charge in [0.15, 0.2) is 0 Å². The number of hydrogen-bond acceptors (Lipinski definition) is 1. The molecule has 1 unspecified atom stereocenters. The Morgan fingerprint density at radius 2 is 1.62 bits per heavy atom. The van der Waals surface area contributed by atoms with E-state index in [4.69, 9.17) is 4.74 Å². The highest BCUT2D eigenvalue weighted by Gasteiger charge is 2.59. The topological polar surface area (TPSA) is 9.23 Å². The van der Waals surface area contributed by atoms with Crippen molar-refractivity contribution in [2.45, 2.75) is 24.9 Å². The fraction of sp³-hybridized carbons (Fsp3) is 0.200. The van der Waals surface area contributed by atoms with Crippen molar-refractivity contribution >= 4 is 21.5 Å². The molecule has 0 aliphatic heterocycles. The van der Waals surface area contributed by atoms with Crippen LogP contribution in [-0.4, -0.2) is 11.8 Å². The first-order valence-corrected chi connectivity index (χ1v) is 8.68. The molecular formula is C20H15BrF4O. The number of alkyl halides is 4. The summed E-state index contributed by atoms with van der Waals surface area (Å²) >= 11 is 3.30. The maximum Gasteiger partial charge on any atom is 0.427 e. The lowest BCUT2D eigenvalue weighted by Gasteiger charge is -2.33. The summed E-state index contributed by atoms with van der Waals surface area (Å²) in [5.74, 6) is -0.0348. The van der Waals surface area contributed by atoms with Crippen LogP contribution >= 0.6 is 15.9 Å². The predicted octanol–water partition coefficient (Wildman–Crippen LogP) is 6.61. The first-order chi connectivity index (χ1) is 12.3. The molecule has 136 valence electrons. The summed E-state index contributed by atoms with van der Waals surface area (Å²) in [7, 11) is 0. The molecule has 0 saturated heterocycles. The molecular weight excluding hydrogens is 412 g/mol. The molecule has 1 atom stereocenters. The van der Waals surface area contributed by atoms with Crippen molar-refractivity contribution in [1.82, 2.24) is 0 Å². The second-order valence-corrected chi connectivity index (χ2v) is 6.89. The van der Waals surface area contributed by atoms with Crippen LogP contribution in [0.3, 0.4) is 0 Å². The van der Waals surface area contributed by atoms with E-state index in [1.807, 2.05) is 0 Å². The van der Waals surface area contributed by atoms with Gasteiger partial charge in [0, 0.05) is 10.0 Å². The monoisotopic (exact) mass is 426 g/mol. The lowest BCUT2D eigenvalue weighted by atomic mass is 9.82. The van der Waals surface area contributed by atoms with E-state index < -0.39 is 23.8 Å². The van der Waals surface area contributed by atoms with Gasteiger partial charge >= 0.3 is 6.18 Å². The third kappa shape index (κ3) is 3.85. The number of halogens is 5. The normalized spacial score (nSPS) is 20.3. The zero-order chi connectivity index (χ0) is 18.8. The molecule has 0 bridgehead atoms. The maximum absolute atomic E-state index is 15.1. The molecule has 1 aliphatic carbocycles. The van der Waals surface area contributed by atoms with Crippen molar-refractivity contribution in [2.24, 2.45) is 0 Å². The van der Waals surface area contributed by atoms with Crippen LogP contribution in [0.5, 0.6) is 0 Å². The highest BCUT2D eigenvalue weighted by molar-refractivity contribution is 9.10. The second-order valence-electron chi connectivity index (χ2n) is 5.97. The minimum Gasteiger partial charge on any atom is -0.493 e. The Morgan fingerprint density at radius 1 is 0.962 bits per heavy atom. The Labute approximate surface area is 157 Å². The summed E-state index contributed by atoms with van der Waals surface area (Å²) in [4.78, 5) is 0. The van der Waals surface area contributed by atoms with Gasteiger partial charge in [-0.2, -0.15) is 13.2 Å². The highest BCUT2D eigenvalue weighted by atomic mass is 79.9. The van der Waals surface area contributed by atoms with Gasteiger partial charge < -0.3 is 4.74 Å². The molecule has 2 aromatic carbocycles. The highest BCUT2D eigenvalue weighted by Crippen LogP contribution is 2.49. The summed E-state index contributed by atoms with van der Waals surface area (Å²) in [5, 5.41) is 0. The van der Waals surface area contributed by atoms with Gasteiger partial charge in [-0.05, 0) is 29.3 Å². The third-order valence-electron chi connectivity index (χ3n) is 4.15. The Bertz CT molecular complexity index is 825. The summed E-state index contributed by atoms with van der Waals surface area (Å²) in [6, 6.07) is 14.9. The zero-order valence-electron chi connectivity index (χ0n) is 13.6. The van der Waals surface area contributed by atoms with Gasteiger partial charge in [-0.15, -0.1) is 0 Å². The van der Waals surface area contributed by atoms with Crippen LogP contribution < -0.4 is 0 Å². The van der Waals surface area contributed by atoms with Crippen molar-refractivity contribution in [1.29, 1.82) is 0 Å². The molecule has 0 amide bonds. The number of ether oxygens (including phenoxy) is 1. The summed E-state index contributed by atoms with van der Waals surface area (Å²) in [6.45, 7) is 0.0710. The van der Waals surface area contributed by atoms with Crippen LogP contribution in [0.1, 0.15) is 17.5 Å². The van der Waals surface area contributed by atoms with Crippen molar-refractivity contribution < 1.29 is 22.3 Å². The quantitative estimate of drug-likeness (QED) is 0.499. The minimum absolute atomic E-state index is 0.0348. The second kappa shape index (κ2) is 7.27. The van der Waals surface area contributed by atoms with Gasteiger partial charge in [0.05, 0.1) is 6.42 Å². The first-order valence-electron chi connectivity index (χ1n) is 7.89. The molecule has 0 fully saturated rings. The lowest BCUT2D eigenvalue weighted by molar-refractivity contribution is -0.209. The van der Waals surface area contributed by atoms with Crippen LogP contribution in [0, 0.1) is 0 Å². The van der Waals surface area contributed by atoms with Crippen LogP contribution in [-0.2, 0) is 11.3 Å². The average Bonchev–Trinajstić information content (AvgIpc) is 2.61. The number of hydrogen-bond donors (Lipinski definition) is 0. The summed E-state index contributed by atoms with van der Waals surface area (Å²) in [5.41, 5.74) is -2.90. The molecule has 2 aromatic rings. The van der Waals surface area contributed by atoms with E-state index in [9.17, 15) is 13.2 Å². The molecule has 0 heterocycles. The standard InChI is InChI=1S/C20H15BrF4O/c21-16-8-6-14(7-9-16)13-26-17-10-11-18(15-4-2-1-3-5-15)19(22,12-17)20(23,24)25/h1-11H,12-13H2. The van der Waals surface area contributed by atoms with E-state index in [2.05, 4.69) is 15.9 Å². The first kappa shape index (κ1) is 18.7. The SMILES string of the molecule is FC(F)(F)C1(F)CC(OCc2ccc(Br)cc2)=CC=C1c1ccccc1. The molecule has 0 saturated carbocycles. The summed E-state index contributed by atoms with van der Waals surface area (Å²) in [6.07, 6.45) is -3.36. The lowest BCUT2D eigenvalue weighted by Crippen LogP contribution is -2.43. The van der Waals surface area contributed by atoms with E-state index in [0.29, 0.717) is 0 Å². The fourth-order valence-electron chi connectivity index (χ4n) is 2.75. The van der Waals surface area contributed by atoms with E-state index in [-0.39, 0.29) is 17.9 Å². The Hall–Kier alpha value is -2.08. The molecule has 1 nitrogen and oxygen atoms in total. The Balaban J connectivity index is 1.86. The average molecular weight is 427 g/mol. The van der Waals surface area contributed by atoms with Crippen LogP contribution in [0.15, 0.2) is 77.0 Å². The molecule has 0 aromatic heterocycles. The van der Waals surface area contributed by atoms with Crippen LogP contribution in [0.25, 0.3) is 5.57 Å². The molecule has 6 heteroatoms. The van der Waals surface area contributed by atoms with Gasteiger partial charge in [-0.1, -0.05) is 64.5 Å². The third-order valence-corrected chi connectivity index (χ3v) is 4.68. The molecule has 3 rings (SSSR count). The van der Waals surface area contributed by atoms with Crippen LogP contribution in [0.2, 0.25) is 0 Å². The molecule has 0 spiro atoms. The molecule has 1 aliphatic rings. The van der Waals surface area contributed by atoms with Crippen molar-refractivity contribution in [2.75, 3.05) is 0 Å². The van der Waals surface area contributed by atoms with Gasteiger partial charge in [-0.25, -0.2) is 4.39 Å². The number of rotatable bonds is 4. The Morgan fingerprint density at radius 3 is 2.23 bits per heavy atom. The predicted molar refractivity (Wildman–Crippen MR) is 95.9 cm³/mol. The molecule has 26 heavy (non-hydrogen) atoms. The van der Waals surface area contributed by atoms with E-state index in [1.165, 1.54) is 18.2 Å². The van der Waals surface area contributed by atoms with Gasteiger partial charge in [0.25, 0.3) is 0 Å². The smallest absolute Gasteiger partial charge is 0.427 e. The van der Waals surface area contributed by atoms with E-state index in [0.717, 1.165) is 16.1 Å². The van der Waals surface area contributed by atoms with Crippen molar-refractivity contribution in [3.8, 4) is 0 Å². The zero-order valence-corrected chi connectivity index (χ0v) is 15.1. The summed E-state index contributed by atoms with van der Waals surface area (Å²) < 4.78 is 62.1. The fourth-order valence-corrected chi connectivity index (χ4v) is 3.02. The number of allylic oxidation sites excluding steroid dienone is 4. The molecule has 0 N–H and O–H groups in total. The van der Waals surface area contributed by atoms with Crippen molar-refractivity contribution in [3.05, 3.63) is 88.1 Å². The number of benzene rings is 2. The molecule has 0 radical (unpaired) electrons.